The summed E-state index contributed by atoms with van der Waals surface area (Å²) in [4.78, 5) is 34.2. The number of carbonyl (C=O) groups is 1. The zero-order valence-corrected chi connectivity index (χ0v) is 10.9. The Hall–Kier alpha value is -2.34. The standard InChI is InChI=1S/C13H14N2O4/c1-14(18-2)13(17)11-8-9-6-4-5-7-10(9)12(16)15(11)19-3/h4-8H,1-3H3. The third-order valence-electron chi connectivity index (χ3n) is 2.85. The van der Waals surface area contributed by atoms with Gasteiger partial charge in [-0.15, -0.1) is 4.73 Å². The molecule has 6 nitrogen and oxygen atoms in total. The van der Waals surface area contributed by atoms with Gasteiger partial charge in [0, 0.05) is 7.05 Å². The molecule has 1 aromatic carbocycles. The molecule has 0 atom stereocenters. The monoisotopic (exact) mass is 262 g/mol. The second-order valence-electron chi connectivity index (χ2n) is 3.88. The zero-order valence-electron chi connectivity index (χ0n) is 10.9. The largest absolute Gasteiger partial charge is 0.413 e. The van der Waals surface area contributed by atoms with Gasteiger partial charge >= 0.3 is 0 Å². The number of amides is 1. The van der Waals surface area contributed by atoms with Crippen molar-refractivity contribution in [2.75, 3.05) is 21.3 Å². The molecule has 0 unspecified atom stereocenters. The molecule has 2 rings (SSSR count). The van der Waals surface area contributed by atoms with Gasteiger partial charge in [-0.1, -0.05) is 18.2 Å². The smallest absolute Gasteiger partial charge is 0.297 e. The first-order valence-electron chi connectivity index (χ1n) is 5.61. The van der Waals surface area contributed by atoms with Gasteiger partial charge in [-0.05, 0) is 17.5 Å². The first-order valence-corrected chi connectivity index (χ1v) is 5.61. The molecule has 0 bridgehead atoms. The van der Waals surface area contributed by atoms with E-state index < -0.39 is 5.91 Å². The van der Waals surface area contributed by atoms with Crippen LogP contribution in [-0.2, 0) is 4.84 Å². The predicted molar refractivity (Wildman–Crippen MR) is 69.8 cm³/mol. The van der Waals surface area contributed by atoms with E-state index in [1.54, 1.807) is 30.3 Å². The first-order chi connectivity index (χ1) is 9.10. The molecule has 1 aromatic heterocycles. The number of benzene rings is 1. The number of nitrogens with zero attached hydrogens (tertiary/aromatic N) is 2. The lowest BCUT2D eigenvalue weighted by atomic mass is 10.1. The average Bonchev–Trinajstić information content (AvgIpc) is 2.45. The fourth-order valence-electron chi connectivity index (χ4n) is 1.82. The summed E-state index contributed by atoms with van der Waals surface area (Å²) in [6.07, 6.45) is 0. The average molecular weight is 262 g/mol. The molecule has 0 aliphatic carbocycles. The fraction of sp³-hybridized carbons (Fsp3) is 0.231. The zero-order chi connectivity index (χ0) is 14.0. The van der Waals surface area contributed by atoms with E-state index in [0.29, 0.717) is 10.8 Å². The Balaban J connectivity index is 2.73. The molecular weight excluding hydrogens is 248 g/mol. The molecule has 100 valence electrons. The van der Waals surface area contributed by atoms with Crippen molar-refractivity contribution in [2.45, 2.75) is 0 Å². The van der Waals surface area contributed by atoms with Gasteiger partial charge in [-0.25, -0.2) is 5.06 Å². The minimum Gasteiger partial charge on any atom is -0.413 e. The van der Waals surface area contributed by atoms with E-state index in [1.807, 2.05) is 0 Å². The van der Waals surface area contributed by atoms with Crippen LogP contribution < -0.4 is 10.4 Å². The second kappa shape index (κ2) is 5.11. The number of rotatable bonds is 3. The van der Waals surface area contributed by atoms with Crippen molar-refractivity contribution >= 4 is 16.7 Å². The molecule has 1 heterocycles. The van der Waals surface area contributed by atoms with Crippen LogP contribution in [0.25, 0.3) is 10.8 Å². The Bertz CT molecular complexity index is 678. The van der Waals surface area contributed by atoms with E-state index in [-0.39, 0.29) is 11.3 Å². The summed E-state index contributed by atoms with van der Waals surface area (Å²) in [7, 11) is 4.16. The lowest BCUT2D eigenvalue weighted by molar-refractivity contribution is -0.0774. The molecule has 0 aliphatic heterocycles. The quantitative estimate of drug-likeness (QED) is 0.764. The molecular formula is C13H14N2O4. The number of aromatic nitrogens is 1. The van der Waals surface area contributed by atoms with Crippen LogP contribution in [0.2, 0.25) is 0 Å². The van der Waals surface area contributed by atoms with Crippen molar-refractivity contribution in [1.82, 2.24) is 9.79 Å². The molecule has 0 saturated carbocycles. The van der Waals surface area contributed by atoms with Gasteiger partial charge in [-0.3, -0.25) is 14.4 Å². The topological polar surface area (TPSA) is 60.8 Å². The van der Waals surface area contributed by atoms with Crippen LogP contribution >= 0.6 is 0 Å². The van der Waals surface area contributed by atoms with Crippen LogP contribution in [0.5, 0.6) is 0 Å². The maximum absolute atomic E-state index is 12.2. The molecule has 19 heavy (non-hydrogen) atoms. The maximum Gasteiger partial charge on any atom is 0.297 e. The van der Waals surface area contributed by atoms with Crippen molar-refractivity contribution in [3.63, 3.8) is 0 Å². The van der Waals surface area contributed by atoms with Gasteiger partial charge in [0.05, 0.1) is 12.5 Å². The third kappa shape index (κ3) is 2.17. The summed E-state index contributed by atoms with van der Waals surface area (Å²) in [5.41, 5.74) is -0.274. The SMILES string of the molecule is CON(C)C(=O)c1cc2ccccc2c(=O)n1OC. The van der Waals surface area contributed by atoms with E-state index >= 15 is 0 Å². The van der Waals surface area contributed by atoms with Crippen LogP contribution in [0.1, 0.15) is 10.5 Å². The van der Waals surface area contributed by atoms with Gasteiger partial charge in [-0.2, -0.15) is 0 Å². The van der Waals surface area contributed by atoms with Crippen molar-refractivity contribution in [3.8, 4) is 0 Å². The minimum atomic E-state index is -0.466. The highest BCUT2D eigenvalue weighted by Gasteiger charge is 2.19. The molecule has 6 heteroatoms. The van der Waals surface area contributed by atoms with Crippen LogP contribution in [0.3, 0.4) is 0 Å². The van der Waals surface area contributed by atoms with E-state index in [2.05, 4.69) is 0 Å². The van der Waals surface area contributed by atoms with Crippen LogP contribution in [0.4, 0.5) is 0 Å². The summed E-state index contributed by atoms with van der Waals surface area (Å²) in [6, 6.07) is 8.60. The summed E-state index contributed by atoms with van der Waals surface area (Å²) < 4.78 is 0.959. The molecule has 0 N–H and O–H groups in total. The van der Waals surface area contributed by atoms with E-state index in [0.717, 1.165) is 9.79 Å². The number of fused-ring (bicyclic) bond motifs is 1. The molecule has 1 amide bonds. The van der Waals surface area contributed by atoms with E-state index in [4.69, 9.17) is 9.68 Å². The van der Waals surface area contributed by atoms with Gasteiger partial charge < -0.3 is 4.84 Å². The van der Waals surface area contributed by atoms with Crippen molar-refractivity contribution in [3.05, 3.63) is 46.4 Å². The minimum absolute atomic E-state index is 0.107. The number of hydrogen-bond donors (Lipinski definition) is 0. The van der Waals surface area contributed by atoms with Gasteiger partial charge in [0.25, 0.3) is 11.5 Å². The van der Waals surface area contributed by atoms with Crippen LogP contribution in [0.15, 0.2) is 35.1 Å². The Morgan fingerprint density at radius 1 is 1.26 bits per heavy atom. The number of pyridine rings is 1. The fourth-order valence-corrected chi connectivity index (χ4v) is 1.82. The summed E-state index contributed by atoms with van der Waals surface area (Å²) in [6.45, 7) is 0. The van der Waals surface area contributed by atoms with Crippen molar-refractivity contribution in [1.29, 1.82) is 0 Å². The van der Waals surface area contributed by atoms with Gasteiger partial charge in [0.1, 0.15) is 7.11 Å². The molecule has 0 radical (unpaired) electrons. The number of hydroxylamine groups is 2. The Morgan fingerprint density at radius 3 is 2.58 bits per heavy atom. The number of carbonyl (C=O) groups excluding carboxylic acids is 1. The molecule has 0 aliphatic rings. The Morgan fingerprint density at radius 2 is 1.95 bits per heavy atom. The van der Waals surface area contributed by atoms with Crippen LogP contribution in [0, 0.1) is 0 Å². The lowest BCUT2D eigenvalue weighted by Gasteiger charge is -2.17. The Kier molecular flexibility index (Phi) is 3.52. The number of hydrogen-bond acceptors (Lipinski definition) is 4. The first kappa shape index (κ1) is 13.1. The molecule has 0 spiro atoms. The van der Waals surface area contributed by atoms with Crippen molar-refractivity contribution < 1.29 is 14.5 Å². The third-order valence-corrected chi connectivity index (χ3v) is 2.85. The van der Waals surface area contributed by atoms with Gasteiger partial charge in [0.15, 0.2) is 5.69 Å². The second-order valence-corrected chi connectivity index (χ2v) is 3.88. The molecule has 0 saturated heterocycles. The molecule has 2 aromatic rings. The predicted octanol–water partition coefficient (Wildman–Crippen LogP) is 0.693. The molecule has 0 fully saturated rings. The highest BCUT2D eigenvalue weighted by Crippen LogP contribution is 2.12. The summed E-state index contributed by atoms with van der Waals surface area (Å²) >= 11 is 0. The highest BCUT2D eigenvalue weighted by atomic mass is 16.7. The summed E-state index contributed by atoms with van der Waals surface area (Å²) in [5.74, 6) is -0.466. The Labute approximate surface area is 109 Å². The highest BCUT2D eigenvalue weighted by molar-refractivity contribution is 5.95. The maximum atomic E-state index is 12.2. The van der Waals surface area contributed by atoms with E-state index in [9.17, 15) is 9.59 Å². The summed E-state index contributed by atoms with van der Waals surface area (Å²) in [5, 5.41) is 2.19. The van der Waals surface area contributed by atoms with Gasteiger partial charge in [0.2, 0.25) is 0 Å². The van der Waals surface area contributed by atoms with Crippen molar-refractivity contribution in [2.24, 2.45) is 0 Å². The lowest BCUT2D eigenvalue weighted by Crippen LogP contribution is -2.35. The van der Waals surface area contributed by atoms with Crippen LogP contribution in [-0.4, -0.2) is 37.0 Å². The van der Waals surface area contributed by atoms with E-state index in [1.165, 1.54) is 21.3 Å². The normalized spacial score (nSPS) is 10.5.